The van der Waals surface area contributed by atoms with Crippen LogP contribution in [0.15, 0.2) is 60.8 Å². The second-order valence-corrected chi connectivity index (χ2v) is 8.60. The van der Waals surface area contributed by atoms with E-state index in [0.29, 0.717) is 34.2 Å². The summed E-state index contributed by atoms with van der Waals surface area (Å²) in [6, 6.07) is 9.29. The Bertz CT molecular complexity index is 1200. The summed E-state index contributed by atoms with van der Waals surface area (Å²) >= 11 is 0. The zero-order valence-electron chi connectivity index (χ0n) is 18.1. The third-order valence-corrected chi connectivity index (χ3v) is 5.96. The molecule has 2 fully saturated rings. The number of nitrogens with zero attached hydrogens (tertiary/aromatic N) is 5. The van der Waals surface area contributed by atoms with Crippen molar-refractivity contribution >= 4 is 17.3 Å². The summed E-state index contributed by atoms with van der Waals surface area (Å²) in [5.74, 6) is 6.47. The molecule has 2 saturated heterocycles. The highest BCUT2D eigenvalue weighted by Gasteiger charge is 2.50. The number of pyridine rings is 1. The van der Waals surface area contributed by atoms with Crippen LogP contribution in [0.25, 0.3) is 11.5 Å². The van der Waals surface area contributed by atoms with Gasteiger partial charge in [0.25, 0.3) is 5.91 Å². The number of likely N-dealkylation sites (tertiary alicyclic amines) is 1. The fourth-order valence-electron chi connectivity index (χ4n) is 4.14. The van der Waals surface area contributed by atoms with Crippen LogP contribution in [0, 0.1) is 11.2 Å². The first-order valence-corrected chi connectivity index (χ1v) is 10.5. The van der Waals surface area contributed by atoms with Gasteiger partial charge >= 0.3 is 0 Å². The van der Waals surface area contributed by atoms with Gasteiger partial charge in [-0.25, -0.2) is 20.2 Å². The number of imidazole rings is 1. The highest BCUT2D eigenvalue weighted by atomic mass is 19.1. The number of aromatic nitrogens is 3. The molecule has 0 unspecified atom stereocenters. The Morgan fingerprint density at radius 2 is 1.88 bits per heavy atom. The molecule has 0 bridgehead atoms. The predicted octanol–water partition coefficient (Wildman–Crippen LogP) is 1.91. The van der Waals surface area contributed by atoms with E-state index in [0.717, 1.165) is 26.3 Å². The van der Waals surface area contributed by atoms with Crippen molar-refractivity contribution in [3.8, 4) is 5.82 Å². The van der Waals surface area contributed by atoms with E-state index in [-0.39, 0.29) is 17.1 Å². The zero-order chi connectivity index (χ0) is 23.2. The molecule has 2 aliphatic rings. The molecule has 1 spiro atoms. The van der Waals surface area contributed by atoms with Gasteiger partial charge in [-0.15, -0.1) is 0 Å². The molecule has 9 nitrogen and oxygen atoms in total. The molecule has 1 aromatic carbocycles. The van der Waals surface area contributed by atoms with E-state index in [9.17, 15) is 9.18 Å². The Labute approximate surface area is 190 Å². The smallest absolute Gasteiger partial charge is 0.255 e. The lowest BCUT2D eigenvalue weighted by Gasteiger charge is -2.54. The molecule has 2 aromatic heterocycles. The number of hydrogen-bond acceptors (Lipinski definition) is 7. The minimum absolute atomic E-state index is 0.0278. The van der Waals surface area contributed by atoms with Crippen LogP contribution < -0.4 is 16.6 Å². The number of hydrogen-bond donors (Lipinski definition) is 2. The lowest BCUT2D eigenvalue weighted by molar-refractivity contribution is -0.176. The number of halogens is 1. The number of benzene rings is 1. The molecule has 4 heterocycles. The topological polar surface area (TPSA) is 116 Å². The van der Waals surface area contributed by atoms with Gasteiger partial charge in [-0.3, -0.25) is 14.4 Å². The van der Waals surface area contributed by atoms with Gasteiger partial charge < -0.3 is 15.4 Å². The number of hydrazine groups is 1. The van der Waals surface area contributed by atoms with Gasteiger partial charge in [-0.05, 0) is 43.3 Å². The number of carbonyl (C=O) groups excluding carboxylic acids is 1. The number of allylic oxidation sites excluding steroid dienone is 1. The lowest BCUT2D eigenvalue weighted by Crippen LogP contribution is -2.67. The molecule has 0 atom stereocenters. The van der Waals surface area contributed by atoms with Crippen LogP contribution in [0.3, 0.4) is 0 Å². The number of ether oxygens (including phenoxy) is 1. The Balaban J connectivity index is 1.32. The second-order valence-electron chi connectivity index (χ2n) is 8.60. The van der Waals surface area contributed by atoms with Gasteiger partial charge in [0.1, 0.15) is 29.4 Å². The van der Waals surface area contributed by atoms with Crippen LogP contribution in [-0.4, -0.2) is 51.6 Å². The number of amides is 1. The van der Waals surface area contributed by atoms with Crippen molar-refractivity contribution in [2.24, 2.45) is 17.0 Å². The summed E-state index contributed by atoms with van der Waals surface area (Å²) in [5, 5.41) is 1.36. The van der Waals surface area contributed by atoms with Crippen LogP contribution in [0.1, 0.15) is 23.0 Å². The molecule has 0 saturated carbocycles. The molecule has 0 radical (unpaired) electrons. The normalized spacial score (nSPS) is 17.2. The number of anilines is 1. The fourth-order valence-corrected chi connectivity index (χ4v) is 4.14. The highest BCUT2D eigenvalue weighted by molar-refractivity contribution is 5.94. The number of carbonyl (C=O) groups is 1. The van der Waals surface area contributed by atoms with Gasteiger partial charge in [0.2, 0.25) is 0 Å². The zero-order valence-corrected chi connectivity index (χ0v) is 18.1. The van der Waals surface area contributed by atoms with Crippen LogP contribution >= 0.6 is 0 Å². The van der Waals surface area contributed by atoms with Crippen molar-refractivity contribution in [3.05, 3.63) is 77.9 Å². The average molecular weight is 449 g/mol. The van der Waals surface area contributed by atoms with Crippen molar-refractivity contribution in [1.82, 2.24) is 19.4 Å². The van der Waals surface area contributed by atoms with Gasteiger partial charge in [0.15, 0.2) is 0 Å². The molecular formula is C23H24FN7O2. The maximum atomic E-state index is 13.3. The Morgan fingerprint density at radius 1 is 1.15 bits per heavy atom. The lowest BCUT2D eigenvalue weighted by atomic mass is 9.78. The Hall–Kier alpha value is -3.76. The van der Waals surface area contributed by atoms with Crippen molar-refractivity contribution in [2.45, 2.75) is 6.92 Å². The molecular weight excluding hydrogens is 425 g/mol. The molecule has 1 amide bonds. The summed E-state index contributed by atoms with van der Waals surface area (Å²) < 4.78 is 20.3. The number of nitrogens with two attached hydrogens (primary N) is 2. The molecule has 0 aliphatic carbocycles. The highest BCUT2D eigenvalue weighted by Crippen LogP contribution is 2.38. The summed E-state index contributed by atoms with van der Waals surface area (Å²) in [6.07, 6.45) is 4.91. The first-order valence-electron chi connectivity index (χ1n) is 10.5. The summed E-state index contributed by atoms with van der Waals surface area (Å²) in [4.78, 5) is 23.3. The molecule has 33 heavy (non-hydrogen) atoms. The van der Waals surface area contributed by atoms with Crippen LogP contribution in [0.4, 0.5) is 10.1 Å². The van der Waals surface area contributed by atoms with E-state index in [1.54, 1.807) is 54.5 Å². The molecule has 10 heteroatoms. The Kier molecular flexibility index (Phi) is 5.10. The minimum Gasteiger partial charge on any atom is -0.400 e. The van der Waals surface area contributed by atoms with Gasteiger partial charge in [0.05, 0.1) is 29.9 Å². The van der Waals surface area contributed by atoms with E-state index in [1.807, 2.05) is 4.90 Å². The molecule has 2 aliphatic heterocycles. The second kappa shape index (κ2) is 7.98. The molecule has 4 N–H and O–H groups in total. The minimum atomic E-state index is -0.356. The maximum Gasteiger partial charge on any atom is 0.255 e. The first-order chi connectivity index (χ1) is 15.8. The summed E-state index contributed by atoms with van der Waals surface area (Å²) in [7, 11) is 0. The van der Waals surface area contributed by atoms with Crippen LogP contribution in [-0.2, 0) is 4.74 Å². The van der Waals surface area contributed by atoms with E-state index in [1.165, 1.54) is 17.1 Å². The van der Waals surface area contributed by atoms with Crippen molar-refractivity contribution in [1.29, 1.82) is 0 Å². The van der Waals surface area contributed by atoms with E-state index < -0.39 is 0 Å². The first kappa shape index (κ1) is 21.1. The fraction of sp³-hybridized carbons (Fsp3) is 0.261. The third kappa shape index (κ3) is 3.83. The van der Waals surface area contributed by atoms with Crippen molar-refractivity contribution in [2.75, 3.05) is 31.3 Å². The summed E-state index contributed by atoms with van der Waals surface area (Å²) in [5.41, 5.74) is 8.82. The van der Waals surface area contributed by atoms with E-state index in [4.69, 9.17) is 16.3 Å². The quantitative estimate of drug-likeness (QED) is 0.452. The molecule has 3 aromatic rings. The van der Waals surface area contributed by atoms with Crippen molar-refractivity contribution < 1.29 is 13.9 Å². The van der Waals surface area contributed by atoms with E-state index in [2.05, 4.69) is 9.97 Å². The van der Waals surface area contributed by atoms with Gasteiger partial charge in [-0.1, -0.05) is 0 Å². The van der Waals surface area contributed by atoms with Crippen LogP contribution in [0.2, 0.25) is 0 Å². The molecule has 170 valence electrons. The molecule has 5 rings (SSSR count). The average Bonchev–Trinajstić information content (AvgIpc) is 3.21. The van der Waals surface area contributed by atoms with E-state index >= 15 is 0 Å². The monoisotopic (exact) mass is 449 g/mol. The maximum absolute atomic E-state index is 13.3. The van der Waals surface area contributed by atoms with Crippen LogP contribution in [0.5, 0.6) is 0 Å². The number of rotatable bonds is 5. The Morgan fingerprint density at radius 3 is 2.45 bits per heavy atom. The van der Waals surface area contributed by atoms with Gasteiger partial charge in [-0.2, -0.15) is 0 Å². The van der Waals surface area contributed by atoms with Crippen molar-refractivity contribution in [3.63, 3.8) is 0 Å². The van der Waals surface area contributed by atoms with Gasteiger partial charge in [0, 0.05) is 31.2 Å². The largest absolute Gasteiger partial charge is 0.400 e. The summed E-state index contributed by atoms with van der Waals surface area (Å²) in [6.45, 7) is 4.64. The SMILES string of the molecule is C/C(N)=C(\c1cn(-c2ccc(C(=O)N3CC4(COC4)C3)cn2)cn1)N(N)c1ccc(F)cc1. The standard InChI is InChI=1S/C23H24FN7O2/c1-15(25)21(31(26)18-5-3-17(24)4-6-18)19-9-29(14-28-19)20-7-2-16(8-27-20)22(32)30-10-23(11-30)12-33-13-23/h2-9,14H,10-13,25-26H2,1H3/b21-15-. The predicted molar refractivity (Wildman–Crippen MR) is 120 cm³/mol. The third-order valence-electron chi connectivity index (χ3n) is 5.96.